The summed E-state index contributed by atoms with van der Waals surface area (Å²) in [5.41, 5.74) is 4.67. The maximum absolute atomic E-state index is 13.3. The highest BCUT2D eigenvalue weighted by molar-refractivity contribution is 7.20. The van der Waals surface area contributed by atoms with E-state index in [-0.39, 0.29) is 17.5 Å². The summed E-state index contributed by atoms with van der Waals surface area (Å²) in [7, 11) is 1.66. The van der Waals surface area contributed by atoms with Crippen molar-refractivity contribution in [1.82, 2.24) is 19.9 Å². The standard InChI is InChI=1S/C23H22N4O2S/c1-13-7-8-17(14(2)10-13)19(16-6-5-9-24-11-16)26-21(28)20-15(3)18-22(30-20)25-12-27(4)23(18)29/h5-12,19H,1-4H3,(H,26,28)/t19-/m0/s1. The zero-order valence-electron chi connectivity index (χ0n) is 17.3. The zero-order valence-corrected chi connectivity index (χ0v) is 18.1. The Balaban J connectivity index is 1.78. The molecule has 30 heavy (non-hydrogen) atoms. The third kappa shape index (κ3) is 3.52. The second kappa shape index (κ2) is 7.84. The molecule has 1 atom stereocenters. The molecule has 0 saturated carbocycles. The van der Waals surface area contributed by atoms with Crippen molar-refractivity contribution >= 4 is 27.5 Å². The number of benzene rings is 1. The van der Waals surface area contributed by atoms with Gasteiger partial charge in [-0.1, -0.05) is 29.8 Å². The molecule has 3 aromatic heterocycles. The molecule has 7 heteroatoms. The van der Waals surface area contributed by atoms with Crippen LogP contribution < -0.4 is 10.9 Å². The van der Waals surface area contributed by atoms with Gasteiger partial charge in [-0.25, -0.2) is 4.98 Å². The number of carbonyl (C=O) groups is 1. The Morgan fingerprint density at radius 1 is 1.20 bits per heavy atom. The maximum atomic E-state index is 13.3. The minimum absolute atomic E-state index is 0.147. The van der Waals surface area contributed by atoms with Crippen LogP contribution in [0.2, 0.25) is 0 Å². The van der Waals surface area contributed by atoms with E-state index in [1.807, 2.05) is 38.1 Å². The van der Waals surface area contributed by atoms with Crippen LogP contribution in [0.1, 0.15) is 43.5 Å². The Hall–Kier alpha value is -3.32. The van der Waals surface area contributed by atoms with Gasteiger partial charge in [0.15, 0.2) is 0 Å². The molecule has 0 aliphatic carbocycles. The average molecular weight is 419 g/mol. The summed E-state index contributed by atoms with van der Waals surface area (Å²) in [6.45, 7) is 5.88. The number of hydrogen-bond donors (Lipinski definition) is 1. The molecule has 1 aromatic carbocycles. The van der Waals surface area contributed by atoms with Gasteiger partial charge >= 0.3 is 0 Å². The topological polar surface area (TPSA) is 76.9 Å². The second-order valence-electron chi connectivity index (χ2n) is 7.45. The van der Waals surface area contributed by atoms with E-state index < -0.39 is 0 Å². The summed E-state index contributed by atoms with van der Waals surface area (Å²) in [4.78, 5) is 35.4. The summed E-state index contributed by atoms with van der Waals surface area (Å²) in [6, 6.07) is 9.63. The van der Waals surface area contributed by atoms with Crippen molar-refractivity contribution in [2.75, 3.05) is 0 Å². The van der Waals surface area contributed by atoms with Gasteiger partial charge in [-0.15, -0.1) is 11.3 Å². The lowest BCUT2D eigenvalue weighted by atomic mass is 9.94. The maximum Gasteiger partial charge on any atom is 0.262 e. The quantitative estimate of drug-likeness (QED) is 0.546. The van der Waals surface area contributed by atoms with Crippen molar-refractivity contribution in [2.24, 2.45) is 7.05 Å². The molecule has 3 heterocycles. The van der Waals surface area contributed by atoms with E-state index in [0.29, 0.717) is 20.7 Å². The van der Waals surface area contributed by atoms with E-state index in [2.05, 4.69) is 21.4 Å². The van der Waals surface area contributed by atoms with E-state index in [1.165, 1.54) is 22.2 Å². The monoisotopic (exact) mass is 418 g/mol. The van der Waals surface area contributed by atoms with Gasteiger partial charge in [0.1, 0.15) is 4.83 Å². The van der Waals surface area contributed by atoms with Gasteiger partial charge in [-0.2, -0.15) is 0 Å². The number of carbonyl (C=O) groups excluding carboxylic acids is 1. The Labute approximate surface area is 178 Å². The van der Waals surface area contributed by atoms with Crippen LogP contribution in [0.3, 0.4) is 0 Å². The van der Waals surface area contributed by atoms with Crippen molar-refractivity contribution in [3.63, 3.8) is 0 Å². The SMILES string of the molecule is Cc1ccc([C@@H](NC(=O)c2sc3ncn(C)c(=O)c3c2C)c2cccnc2)c(C)c1. The molecule has 4 aromatic rings. The normalized spacial score (nSPS) is 12.1. The predicted octanol–water partition coefficient (Wildman–Crippen LogP) is 3.83. The smallest absolute Gasteiger partial charge is 0.262 e. The highest BCUT2D eigenvalue weighted by Crippen LogP contribution is 2.30. The van der Waals surface area contributed by atoms with E-state index in [9.17, 15) is 9.59 Å². The molecule has 4 rings (SSSR count). The first kappa shape index (κ1) is 20.0. The van der Waals surface area contributed by atoms with Gasteiger partial charge in [-0.3, -0.25) is 14.6 Å². The van der Waals surface area contributed by atoms with Crippen LogP contribution in [-0.2, 0) is 7.05 Å². The Morgan fingerprint density at radius 2 is 2.00 bits per heavy atom. The number of nitrogens with zero attached hydrogens (tertiary/aromatic N) is 3. The predicted molar refractivity (Wildman–Crippen MR) is 119 cm³/mol. The van der Waals surface area contributed by atoms with E-state index in [0.717, 1.165) is 22.3 Å². The number of aryl methyl sites for hydroxylation is 4. The van der Waals surface area contributed by atoms with Crippen LogP contribution >= 0.6 is 11.3 Å². The Kier molecular flexibility index (Phi) is 5.22. The van der Waals surface area contributed by atoms with Crippen molar-refractivity contribution < 1.29 is 4.79 Å². The zero-order chi connectivity index (χ0) is 21.4. The fourth-order valence-electron chi connectivity index (χ4n) is 3.66. The molecule has 1 amide bonds. The molecular formula is C23H22N4O2S. The van der Waals surface area contributed by atoms with Crippen LogP contribution in [0, 0.1) is 20.8 Å². The summed E-state index contributed by atoms with van der Waals surface area (Å²) < 4.78 is 1.43. The van der Waals surface area contributed by atoms with Gasteiger partial charge in [0.05, 0.1) is 22.6 Å². The van der Waals surface area contributed by atoms with Crippen molar-refractivity contribution in [1.29, 1.82) is 0 Å². The fourth-order valence-corrected chi connectivity index (χ4v) is 4.70. The first-order valence-electron chi connectivity index (χ1n) is 9.59. The molecule has 0 aliphatic rings. The van der Waals surface area contributed by atoms with Crippen LogP contribution in [0.4, 0.5) is 0 Å². The number of fused-ring (bicyclic) bond motifs is 1. The Bertz CT molecular complexity index is 1310. The number of aromatic nitrogens is 3. The number of nitrogens with one attached hydrogen (secondary N) is 1. The molecule has 0 saturated heterocycles. The third-order valence-corrected chi connectivity index (χ3v) is 6.44. The second-order valence-corrected chi connectivity index (χ2v) is 8.45. The highest BCUT2D eigenvalue weighted by atomic mass is 32.1. The summed E-state index contributed by atoms with van der Waals surface area (Å²) >= 11 is 1.24. The van der Waals surface area contributed by atoms with Crippen LogP contribution in [0.5, 0.6) is 0 Å². The molecule has 0 unspecified atom stereocenters. The van der Waals surface area contributed by atoms with Crippen LogP contribution in [0.15, 0.2) is 53.8 Å². The van der Waals surface area contributed by atoms with Gasteiger partial charge in [0.25, 0.3) is 11.5 Å². The first-order valence-corrected chi connectivity index (χ1v) is 10.4. The van der Waals surface area contributed by atoms with Crippen LogP contribution in [-0.4, -0.2) is 20.4 Å². The van der Waals surface area contributed by atoms with Crippen molar-refractivity contribution in [3.05, 3.63) is 92.1 Å². The molecule has 0 radical (unpaired) electrons. The van der Waals surface area contributed by atoms with E-state index in [1.54, 1.807) is 26.4 Å². The summed E-state index contributed by atoms with van der Waals surface area (Å²) in [6.07, 6.45) is 4.96. The minimum atomic E-state index is -0.354. The molecule has 0 fully saturated rings. The molecule has 1 N–H and O–H groups in total. The molecule has 0 bridgehead atoms. The lowest BCUT2D eigenvalue weighted by Crippen LogP contribution is -2.30. The van der Waals surface area contributed by atoms with Gasteiger partial charge in [-0.05, 0) is 49.1 Å². The molecule has 0 spiro atoms. The first-order chi connectivity index (χ1) is 14.4. The lowest BCUT2D eigenvalue weighted by molar-refractivity contribution is 0.0946. The average Bonchev–Trinajstić information content (AvgIpc) is 3.07. The molecular weight excluding hydrogens is 396 g/mol. The van der Waals surface area contributed by atoms with Crippen LogP contribution in [0.25, 0.3) is 10.2 Å². The lowest BCUT2D eigenvalue weighted by Gasteiger charge is -2.21. The van der Waals surface area contributed by atoms with Crippen molar-refractivity contribution in [3.8, 4) is 0 Å². The third-order valence-electron chi connectivity index (χ3n) is 5.25. The number of hydrogen-bond acceptors (Lipinski definition) is 5. The van der Waals surface area contributed by atoms with Gasteiger partial charge in [0, 0.05) is 19.4 Å². The fraction of sp³-hybridized carbons (Fsp3) is 0.217. The van der Waals surface area contributed by atoms with Gasteiger partial charge < -0.3 is 9.88 Å². The van der Waals surface area contributed by atoms with Crippen molar-refractivity contribution in [2.45, 2.75) is 26.8 Å². The molecule has 0 aliphatic heterocycles. The largest absolute Gasteiger partial charge is 0.340 e. The van der Waals surface area contributed by atoms with E-state index >= 15 is 0 Å². The Morgan fingerprint density at radius 3 is 2.70 bits per heavy atom. The number of pyridine rings is 1. The van der Waals surface area contributed by atoms with Gasteiger partial charge in [0.2, 0.25) is 0 Å². The molecule has 152 valence electrons. The number of rotatable bonds is 4. The van der Waals surface area contributed by atoms with E-state index in [4.69, 9.17) is 0 Å². The summed E-state index contributed by atoms with van der Waals surface area (Å²) in [5.74, 6) is -0.230. The minimum Gasteiger partial charge on any atom is -0.340 e. The number of thiophene rings is 1. The highest BCUT2D eigenvalue weighted by Gasteiger charge is 2.24. The number of amides is 1. The molecule has 6 nitrogen and oxygen atoms in total. The summed E-state index contributed by atoms with van der Waals surface area (Å²) in [5, 5.41) is 3.66.